The van der Waals surface area contributed by atoms with E-state index in [0.717, 1.165) is 11.3 Å². The van der Waals surface area contributed by atoms with Gasteiger partial charge in [-0.25, -0.2) is 0 Å². The fourth-order valence-corrected chi connectivity index (χ4v) is 2.33. The molecule has 0 aliphatic rings. The molecule has 20 heavy (non-hydrogen) atoms. The molecule has 2 rings (SSSR count). The summed E-state index contributed by atoms with van der Waals surface area (Å²) in [5, 5.41) is 2.79. The molecule has 0 saturated carbocycles. The summed E-state index contributed by atoms with van der Waals surface area (Å²) < 4.78 is 0. The number of H-pyrrole nitrogens is 1. The number of carbonyl (C=O) groups is 2. The summed E-state index contributed by atoms with van der Waals surface area (Å²) in [6, 6.07) is 3.43. The minimum absolute atomic E-state index is 0.0291. The predicted octanol–water partition coefficient (Wildman–Crippen LogP) is 2.74. The van der Waals surface area contributed by atoms with Gasteiger partial charge in [-0.05, 0) is 38.0 Å². The van der Waals surface area contributed by atoms with Gasteiger partial charge in [0.05, 0.1) is 0 Å². The molecule has 1 amide bonds. The minimum Gasteiger partial charge on any atom is -0.354 e. The number of anilines is 1. The number of aromatic nitrogens is 2. The van der Waals surface area contributed by atoms with E-state index in [1.807, 2.05) is 6.92 Å². The number of nitrogens with one attached hydrogen (secondary N) is 2. The van der Waals surface area contributed by atoms with Crippen molar-refractivity contribution in [1.29, 1.82) is 0 Å². The van der Waals surface area contributed by atoms with Crippen molar-refractivity contribution in [2.45, 2.75) is 27.2 Å². The van der Waals surface area contributed by atoms with Gasteiger partial charge in [-0.1, -0.05) is 6.92 Å². The van der Waals surface area contributed by atoms with Crippen LogP contribution in [0.3, 0.4) is 0 Å². The van der Waals surface area contributed by atoms with E-state index in [9.17, 15) is 9.59 Å². The average Bonchev–Trinajstić information content (AvgIpc) is 2.76. The van der Waals surface area contributed by atoms with Gasteiger partial charge in [0.2, 0.25) is 0 Å². The third kappa shape index (κ3) is 2.61. The Bertz CT molecular complexity index is 645. The molecule has 2 aromatic heterocycles. The molecule has 5 heteroatoms. The number of rotatable bonds is 4. The van der Waals surface area contributed by atoms with Gasteiger partial charge in [-0.2, -0.15) is 0 Å². The molecule has 0 bridgehead atoms. The quantitative estimate of drug-likeness (QED) is 0.839. The third-order valence-electron chi connectivity index (χ3n) is 3.16. The maximum absolute atomic E-state index is 12.3. The predicted molar refractivity (Wildman–Crippen MR) is 77.1 cm³/mol. The lowest BCUT2D eigenvalue weighted by Crippen LogP contribution is -2.14. The Morgan fingerprint density at radius 2 is 1.95 bits per heavy atom. The molecule has 0 aliphatic heterocycles. The van der Waals surface area contributed by atoms with Crippen LogP contribution >= 0.6 is 0 Å². The molecule has 2 heterocycles. The molecule has 2 N–H and O–H groups in total. The Balaban J connectivity index is 2.35. The molecule has 0 spiro atoms. The number of pyridine rings is 1. The summed E-state index contributed by atoms with van der Waals surface area (Å²) in [5.74, 6) is -0.276. The zero-order chi connectivity index (χ0) is 14.7. The molecule has 0 aliphatic carbocycles. The fraction of sp³-hybridized carbons (Fsp3) is 0.267. The maximum Gasteiger partial charge on any atom is 0.272 e. The highest BCUT2D eigenvalue weighted by atomic mass is 16.2. The van der Waals surface area contributed by atoms with Crippen molar-refractivity contribution in [3.63, 3.8) is 0 Å². The van der Waals surface area contributed by atoms with Crippen LogP contribution in [0.4, 0.5) is 5.69 Å². The lowest BCUT2D eigenvalue weighted by atomic mass is 10.0. The van der Waals surface area contributed by atoms with Crippen molar-refractivity contribution < 1.29 is 9.59 Å². The number of aryl methyl sites for hydroxylation is 1. The second-order valence-corrected chi connectivity index (χ2v) is 4.58. The Morgan fingerprint density at radius 3 is 2.50 bits per heavy atom. The number of amides is 1. The standard InChI is InChI=1S/C15H17N3O2/c1-4-12-13(10(3)19)9(2)17-14(12)15(20)18-11-5-7-16-8-6-11/h5-8,17H,4H2,1-3H3,(H,16,18,20). The van der Waals surface area contributed by atoms with Crippen molar-refractivity contribution >= 4 is 17.4 Å². The molecule has 0 fully saturated rings. The fourth-order valence-electron chi connectivity index (χ4n) is 2.33. The first-order valence-corrected chi connectivity index (χ1v) is 6.48. The van der Waals surface area contributed by atoms with Crippen molar-refractivity contribution in [2.75, 3.05) is 5.32 Å². The zero-order valence-electron chi connectivity index (χ0n) is 11.8. The number of carbonyl (C=O) groups excluding carboxylic acids is 2. The van der Waals surface area contributed by atoms with Crippen LogP contribution in [0.5, 0.6) is 0 Å². The topological polar surface area (TPSA) is 74.8 Å². The highest BCUT2D eigenvalue weighted by molar-refractivity contribution is 6.07. The Labute approximate surface area is 117 Å². The Morgan fingerprint density at radius 1 is 1.30 bits per heavy atom. The first-order valence-electron chi connectivity index (χ1n) is 6.48. The number of nitrogens with zero attached hydrogens (tertiary/aromatic N) is 1. The summed E-state index contributed by atoms with van der Waals surface area (Å²) in [6.45, 7) is 5.25. The monoisotopic (exact) mass is 271 g/mol. The van der Waals surface area contributed by atoms with Gasteiger partial charge in [0.15, 0.2) is 5.78 Å². The molecule has 104 valence electrons. The Kier molecular flexibility index (Phi) is 3.98. The zero-order valence-corrected chi connectivity index (χ0v) is 11.8. The minimum atomic E-state index is -0.247. The molecule has 0 atom stereocenters. The van der Waals surface area contributed by atoms with Crippen LogP contribution in [-0.4, -0.2) is 21.7 Å². The molecule has 0 aromatic carbocycles. The largest absolute Gasteiger partial charge is 0.354 e. The lowest BCUT2D eigenvalue weighted by Gasteiger charge is -2.05. The van der Waals surface area contributed by atoms with Crippen LogP contribution in [0.15, 0.2) is 24.5 Å². The average molecular weight is 271 g/mol. The lowest BCUT2D eigenvalue weighted by molar-refractivity contribution is 0.101. The Hall–Kier alpha value is -2.43. The molecule has 2 aromatic rings. The van der Waals surface area contributed by atoms with Gasteiger partial charge in [-0.3, -0.25) is 14.6 Å². The van der Waals surface area contributed by atoms with Crippen LogP contribution in [0, 0.1) is 6.92 Å². The summed E-state index contributed by atoms with van der Waals surface area (Å²) in [4.78, 5) is 30.9. The highest BCUT2D eigenvalue weighted by Crippen LogP contribution is 2.21. The van der Waals surface area contributed by atoms with E-state index in [4.69, 9.17) is 0 Å². The van der Waals surface area contributed by atoms with E-state index in [1.54, 1.807) is 31.5 Å². The van der Waals surface area contributed by atoms with E-state index in [1.165, 1.54) is 6.92 Å². The van der Waals surface area contributed by atoms with E-state index in [-0.39, 0.29) is 11.7 Å². The smallest absolute Gasteiger partial charge is 0.272 e. The van der Waals surface area contributed by atoms with Crippen LogP contribution < -0.4 is 5.32 Å². The van der Waals surface area contributed by atoms with Crippen molar-refractivity contribution in [2.24, 2.45) is 0 Å². The summed E-state index contributed by atoms with van der Waals surface area (Å²) in [6.07, 6.45) is 3.84. The second-order valence-electron chi connectivity index (χ2n) is 4.58. The van der Waals surface area contributed by atoms with Gasteiger partial charge in [0.1, 0.15) is 5.69 Å². The molecule has 0 radical (unpaired) electrons. The maximum atomic E-state index is 12.3. The van der Waals surface area contributed by atoms with E-state index in [2.05, 4.69) is 15.3 Å². The van der Waals surface area contributed by atoms with Gasteiger partial charge >= 0.3 is 0 Å². The number of hydrogen-bond donors (Lipinski definition) is 2. The molecular weight excluding hydrogens is 254 g/mol. The summed E-state index contributed by atoms with van der Waals surface area (Å²) in [7, 11) is 0. The number of ketones is 1. The second kappa shape index (κ2) is 5.69. The first kappa shape index (κ1) is 14.0. The normalized spacial score (nSPS) is 10.3. The summed E-state index contributed by atoms with van der Waals surface area (Å²) >= 11 is 0. The SMILES string of the molecule is CCc1c(C(=O)Nc2ccncc2)[nH]c(C)c1C(C)=O. The van der Waals surface area contributed by atoms with Gasteiger partial charge in [0, 0.05) is 29.3 Å². The van der Waals surface area contributed by atoms with E-state index >= 15 is 0 Å². The van der Waals surface area contributed by atoms with Crippen LogP contribution in [-0.2, 0) is 6.42 Å². The molecular formula is C15H17N3O2. The number of aromatic amines is 1. The first-order chi connectivity index (χ1) is 9.54. The van der Waals surface area contributed by atoms with Gasteiger partial charge < -0.3 is 10.3 Å². The third-order valence-corrected chi connectivity index (χ3v) is 3.16. The van der Waals surface area contributed by atoms with Crippen molar-refractivity contribution in [3.05, 3.63) is 47.0 Å². The van der Waals surface area contributed by atoms with Crippen molar-refractivity contribution in [1.82, 2.24) is 9.97 Å². The molecule has 0 saturated heterocycles. The highest BCUT2D eigenvalue weighted by Gasteiger charge is 2.21. The van der Waals surface area contributed by atoms with Crippen LogP contribution in [0.2, 0.25) is 0 Å². The van der Waals surface area contributed by atoms with E-state index in [0.29, 0.717) is 23.4 Å². The summed E-state index contributed by atoms with van der Waals surface area (Å²) in [5.41, 5.74) is 3.24. The van der Waals surface area contributed by atoms with Crippen LogP contribution in [0.25, 0.3) is 0 Å². The molecule has 0 unspecified atom stereocenters. The van der Waals surface area contributed by atoms with Crippen molar-refractivity contribution in [3.8, 4) is 0 Å². The van der Waals surface area contributed by atoms with Gasteiger partial charge in [-0.15, -0.1) is 0 Å². The molecule has 5 nitrogen and oxygen atoms in total. The number of hydrogen-bond acceptors (Lipinski definition) is 3. The number of Topliss-reactive ketones (excluding diaryl/α,β-unsaturated/α-hetero) is 1. The van der Waals surface area contributed by atoms with Crippen LogP contribution in [0.1, 0.15) is 46.0 Å². The van der Waals surface area contributed by atoms with Gasteiger partial charge in [0.25, 0.3) is 5.91 Å². The van der Waals surface area contributed by atoms with E-state index < -0.39 is 0 Å².